The Morgan fingerprint density at radius 2 is 2.12 bits per heavy atom. The molecule has 2 atom stereocenters. The molecular formula is C26H30N6O2. The molecule has 0 unspecified atom stereocenters. The molecule has 1 aliphatic carbocycles. The zero-order valence-corrected chi connectivity index (χ0v) is 19.7. The van der Waals surface area contributed by atoms with Crippen molar-refractivity contribution in [3.05, 3.63) is 51.9 Å². The zero-order valence-electron chi connectivity index (χ0n) is 19.7. The number of aryl methyl sites for hydroxylation is 1. The number of H-pyrrole nitrogens is 1. The number of nitrogens with zero attached hydrogens (tertiary/aromatic N) is 4. The van der Waals surface area contributed by atoms with Crippen molar-refractivity contribution in [3.63, 3.8) is 0 Å². The first-order valence-electron chi connectivity index (χ1n) is 12.1. The van der Waals surface area contributed by atoms with Gasteiger partial charge in [-0.05, 0) is 81.7 Å². The van der Waals surface area contributed by atoms with Gasteiger partial charge in [-0.2, -0.15) is 10.4 Å². The van der Waals surface area contributed by atoms with Gasteiger partial charge in [0.2, 0.25) is 0 Å². The quantitative estimate of drug-likeness (QED) is 0.559. The van der Waals surface area contributed by atoms with E-state index >= 15 is 0 Å². The van der Waals surface area contributed by atoms with E-state index < -0.39 is 0 Å². The molecule has 0 bridgehead atoms. The minimum atomic E-state index is -0.222. The third-order valence-electron chi connectivity index (χ3n) is 7.19. The second-order valence-corrected chi connectivity index (χ2v) is 9.63. The normalized spacial score (nSPS) is 19.1. The molecule has 3 aromatic rings. The number of piperidine rings is 1. The number of aromatic amines is 1. The number of amides is 1. The number of benzene rings is 1. The maximum Gasteiger partial charge on any atom is 0.261 e. The van der Waals surface area contributed by atoms with Gasteiger partial charge in [0.15, 0.2) is 5.82 Å². The Morgan fingerprint density at radius 3 is 2.82 bits per heavy atom. The lowest BCUT2D eigenvalue weighted by molar-refractivity contribution is 0.0635. The summed E-state index contributed by atoms with van der Waals surface area (Å²) in [5.74, 6) is 0.953. The van der Waals surface area contributed by atoms with Crippen LogP contribution in [0.4, 0.5) is 11.5 Å². The van der Waals surface area contributed by atoms with E-state index in [0.29, 0.717) is 29.1 Å². The lowest BCUT2D eigenvalue weighted by atomic mass is 10.0. The molecule has 1 saturated carbocycles. The van der Waals surface area contributed by atoms with E-state index in [1.54, 1.807) is 6.20 Å². The smallest absolute Gasteiger partial charge is 0.261 e. The highest BCUT2D eigenvalue weighted by atomic mass is 16.2. The number of hydrogen-bond donors (Lipinski definition) is 2. The Bertz CT molecular complexity index is 1330. The molecule has 2 aliphatic rings. The highest BCUT2D eigenvalue weighted by molar-refractivity contribution is 5.97. The number of fused-ring (bicyclic) bond motifs is 1. The predicted molar refractivity (Wildman–Crippen MR) is 131 cm³/mol. The SMILES string of the molecule is Cc1cc(Nc2nn([C@@H](CC#N)C3CC3)c3cc[nH]c(=O)c23)ccc1C(=O)N1CCCC[C@H]1C. The first-order chi connectivity index (χ1) is 16.5. The molecule has 0 radical (unpaired) electrons. The van der Waals surface area contributed by atoms with E-state index in [1.807, 2.05) is 40.8 Å². The fourth-order valence-electron chi connectivity index (χ4n) is 5.14. The summed E-state index contributed by atoms with van der Waals surface area (Å²) in [7, 11) is 0. The van der Waals surface area contributed by atoms with Crippen LogP contribution in [-0.2, 0) is 0 Å². The second-order valence-electron chi connectivity index (χ2n) is 9.63. The molecular weight excluding hydrogens is 428 g/mol. The second kappa shape index (κ2) is 8.98. The molecule has 1 saturated heterocycles. The van der Waals surface area contributed by atoms with Gasteiger partial charge in [0.05, 0.1) is 24.0 Å². The number of anilines is 2. The molecule has 0 spiro atoms. The van der Waals surface area contributed by atoms with Crippen LogP contribution in [0.15, 0.2) is 35.3 Å². The van der Waals surface area contributed by atoms with Crippen LogP contribution in [0.25, 0.3) is 10.9 Å². The molecule has 2 fully saturated rings. The fraction of sp³-hybridized carbons (Fsp3) is 0.462. The van der Waals surface area contributed by atoms with Gasteiger partial charge in [-0.15, -0.1) is 0 Å². The highest BCUT2D eigenvalue weighted by Gasteiger charge is 2.34. The van der Waals surface area contributed by atoms with Crippen LogP contribution >= 0.6 is 0 Å². The van der Waals surface area contributed by atoms with Crippen LogP contribution in [0.1, 0.15) is 67.4 Å². The first-order valence-corrected chi connectivity index (χ1v) is 12.1. The summed E-state index contributed by atoms with van der Waals surface area (Å²) in [5, 5.41) is 17.9. The minimum absolute atomic E-state index is 0.0434. The van der Waals surface area contributed by atoms with Gasteiger partial charge in [-0.3, -0.25) is 14.3 Å². The number of pyridine rings is 1. The average Bonchev–Trinajstić information content (AvgIpc) is 3.60. The van der Waals surface area contributed by atoms with E-state index in [-0.39, 0.29) is 23.6 Å². The van der Waals surface area contributed by atoms with E-state index in [0.717, 1.165) is 49.0 Å². The topological polar surface area (TPSA) is 107 Å². The van der Waals surface area contributed by atoms with Crippen LogP contribution in [-0.4, -0.2) is 38.2 Å². The van der Waals surface area contributed by atoms with Crippen molar-refractivity contribution in [2.45, 2.75) is 64.5 Å². The van der Waals surface area contributed by atoms with Gasteiger partial charge in [-0.25, -0.2) is 0 Å². The molecule has 5 rings (SSSR count). The van der Waals surface area contributed by atoms with Gasteiger partial charge in [0.25, 0.3) is 11.5 Å². The summed E-state index contributed by atoms with van der Waals surface area (Å²) in [5.41, 5.74) is 2.85. The molecule has 176 valence electrons. The van der Waals surface area contributed by atoms with Gasteiger partial charge in [0, 0.05) is 30.0 Å². The van der Waals surface area contributed by atoms with E-state index in [9.17, 15) is 14.9 Å². The Hall–Kier alpha value is -3.60. The predicted octanol–water partition coefficient (Wildman–Crippen LogP) is 4.66. The molecule has 1 amide bonds. The van der Waals surface area contributed by atoms with E-state index in [4.69, 9.17) is 5.10 Å². The van der Waals surface area contributed by atoms with Crippen LogP contribution in [0.2, 0.25) is 0 Å². The zero-order chi connectivity index (χ0) is 23.8. The number of carbonyl (C=O) groups is 1. The lowest BCUT2D eigenvalue weighted by Gasteiger charge is -2.33. The molecule has 2 N–H and O–H groups in total. The number of nitrogens with one attached hydrogen (secondary N) is 2. The van der Waals surface area contributed by atoms with Crippen molar-refractivity contribution in [3.8, 4) is 6.07 Å². The van der Waals surface area contributed by atoms with Crippen LogP contribution in [0.5, 0.6) is 0 Å². The summed E-state index contributed by atoms with van der Waals surface area (Å²) >= 11 is 0. The summed E-state index contributed by atoms with van der Waals surface area (Å²) in [6.45, 7) is 4.85. The molecule has 8 nitrogen and oxygen atoms in total. The van der Waals surface area contributed by atoms with Gasteiger partial charge in [-0.1, -0.05) is 0 Å². The number of likely N-dealkylation sites (tertiary alicyclic amines) is 1. The van der Waals surface area contributed by atoms with Gasteiger partial charge >= 0.3 is 0 Å². The molecule has 1 aliphatic heterocycles. The van der Waals surface area contributed by atoms with Crippen LogP contribution < -0.4 is 10.9 Å². The maximum atomic E-state index is 13.1. The van der Waals surface area contributed by atoms with Crippen molar-refractivity contribution < 1.29 is 4.79 Å². The highest BCUT2D eigenvalue weighted by Crippen LogP contribution is 2.43. The maximum absolute atomic E-state index is 13.1. The monoisotopic (exact) mass is 458 g/mol. The number of rotatable bonds is 6. The summed E-state index contributed by atoms with van der Waals surface area (Å²) in [6, 6.07) is 9.98. The first kappa shape index (κ1) is 22.2. The molecule has 3 heterocycles. The molecule has 2 aromatic heterocycles. The molecule has 8 heteroatoms. The number of carbonyl (C=O) groups excluding carboxylic acids is 1. The fourth-order valence-corrected chi connectivity index (χ4v) is 5.14. The standard InChI is InChI=1S/C26H30N6O2/c1-16-15-19(8-9-20(16)26(34)31-14-4-3-5-17(31)2)29-24-23-22(11-13-28-25(23)33)32(30-24)21(10-12-27)18-6-7-18/h8-9,11,13,15,17-18,21H,3-7,10,14H2,1-2H3,(H,28,33)(H,29,30)/t17-,21+/m1/s1. The van der Waals surface area contributed by atoms with Crippen molar-refractivity contribution in [1.82, 2.24) is 19.7 Å². The Kier molecular flexibility index (Phi) is 5.86. The lowest BCUT2D eigenvalue weighted by Crippen LogP contribution is -2.42. The summed E-state index contributed by atoms with van der Waals surface area (Å²) in [4.78, 5) is 30.6. The van der Waals surface area contributed by atoms with Crippen molar-refractivity contribution in [2.24, 2.45) is 5.92 Å². The number of hydrogen-bond acceptors (Lipinski definition) is 5. The largest absolute Gasteiger partial charge is 0.338 e. The third-order valence-corrected chi connectivity index (χ3v) is 7.19. The van der Waals surface area contributed by atoms with Crippen molar-refractivity contribution >= 4 is 28.3 Å². The molecule has 34 heavy (non-hydrogen) atoms. The van der Waals surface area contributed by atoms with E-state index in [2.05, 4.69) is 23.3 Å². The Balaban J connectivity index is 1.47. The summed E-state index contributed by atoms with van der Waals surface area (Å²) < 4.78 is 1.84. The number of aromatic nitrogens is 3. The average molecular weight is 459 g/mol. The van der Waals surface area contributed by atoms with E-state index in [1.165, 1.54) is 6.42 Å². The van der Waals surface area contributed by atoms with Crippen LogP contribution in [0.3, 0.4) is 0 Å². The Morgan fingerprint density at radius 1 is 1.29 bits per heavy atom. The minimum Gasteiger partial charge on any atom is -0.338 e. The summed E-state index contributed by atoms with van der Waals surface area (Å²) in [6.07, 6.45) is 7.39. The third kappa shape index (κ3) is 4.07. The van der Waals surface area contributed by atoms with Crippen molar-refractivity contribution in [2.75, 3.05) is 11.9 Å². The Labute approximate surface area is 198 Å². The van der Waals surface area contributed by atoms with Crippen LogP contribution in [0, 0.1) is 24.2 Å². The molecule has 1 aromatic carbocycles. The van der Waals surface area contributed by atoms with Gasteiger partial charge < -0.3 is 15.2 Å². The van der Waals surface area contributed by atoms with Crippen molar-refractivity contribution in [1.29, 1.82) is 5.26 Å². The van der Waals surface area contributed by atoms with Gasteiger partial charge in [0.1, 0.15) is 5.39 Å². The number of nitriles is 1.